The van der Waals surface area contributed by atoms with Crippen LogP contribution in [0.3, 0.4) is 0 Å². The van der Waals surface area contributed by atoms with Gasteiger partial charge in [0, 0.05) is 13.0 Å². The lowest BCUT2D eigenvalue weighted by molar-refractivity contribution is -0.122. The van der Waals surface area contributed by atoms with Gasteiger partial charge in [0.25, 0.3) is 0 Å². The van der Waals surface area contributed by atoms with Crippen LogP contribution in [0.1, 0.15) is 21.8 Å². The minimum absolute atomic E-state index is 0.0953. The van der Waals surface area contributed by atoms with Crippen molar-refractivity contribution in [2.45, 2.75) is 13.3 Å². The molecule has 3 rings (SSSR count). The van der Waals surface area contributed by atoms with Crippen LogP contribution in [0.25, 0.3) is 0 Å². The fraction of sp³-hybridized carbons (Fsp3) is 0.333. The van der Waals surface area contributed by atoms with Gasteiger partial charge < -0.3 is 19.7 Å². The lowest BCUT2D eigenvalue weighted by atomic mass is 10.1. The molecule has 27 heavy (non-hydrogen) atoms. The van der Waals surface area contributed by atoms with E-state index in [1.807, 2.05) is 12.1 Å². The second kappa shape index (κ2) is 7.75. The predicted molar refractivity (Wildman–Crippen MR) is 100 cm³/mol. The number of nitrogens with zero attached hydrogens (tertiary/aromatic N) is 2. The van der Waals surface area contributed by atoms with E-state index >= 15 is 0 Å². The molecule has 2 amide bonds. The molecule has 9 heteroatoms. The second-order valence-electron chi connectivity index (χ2n) is 5.99. The third kappa shape index (κ3) is 3.77. The van der Waals surface area contributed by atoms with Crippen LogP contribution in [-0.4, -0.2) is 43.5 Å². The van der Waals surface area contributed by atoms with E-state index in [0.717, 1.165) is 11.3 Å². The molecule has 0 unspecified atom stereocenters. The van der Waals surface area contributed by atoms with Gasteiger partial charge in [-0.3, -0.25) is 9.59 Å². The van der Waals surface area contributed by atoms with Gasteiger partial charge in [0.15, 0.2) is 5.13 Å². The van der Waals surface area contributed by atoms with E-state index in [4.69, 9.17) is 4.74 Å². The Kier molecular flexibility index (Phi) is 5.41. The van der Waals surface area contributed by atoms with Crippen LogP contribution in [-0.2, 0) is 14.3 Å². The lowest BCUT2D eigenvalue weighted by Gasteiger charge is -2.19. The molecular weight excluding hydrogens is 370 g/mol. The van der Waals surface area contributed by atoms with Gasteiger partial charge in [0.2, 0.25) is 11.8 Å². The summed E-state index contributed by atoms with van der Waals surface area (Å²) in [5.74, 6) is -0.904. The van der Waals surface area contributed by atoms with E-state index in [0.29, 0.717) is 27.1 Å². The van der Waals surface area contributed by atoms with Gasteiger partial charge in [0.1, 0.15) is 10.6 Å². The summed E-state index contributed by atoms with van der Waals surface area (Å²) in [6.07, 6.45) is 0.0953. The lowest BCUT2D eigenvalue weighted by Crippen LogP contribution is -2.28. The Labute approximate surface area is 160 Å². The maximum absolute atomic E-state index is 12.6. The second-order valence-corrected chi connectivity index (χ2v) is 6.99. The van der Waals surface area contributed by atoms with E-state index < -0.39 is 11.9 Å². The van der Waals surface area contributed by atoms with E-state index in [9.17, 15) is 14.4 Å². The Balaban J connectivity index is 1.72. The zero-order valence-corrected chi connectivity index (χ0v) is 16.0. The number of hydrogen-bond acceptors (Lipinski definition) is 7. The molecule has 0 aliphatic carbocycles. The van der Waals surface area contributed by atoms with Crippen LogP contribution < -0.4 is 15.0 Å². The van der Waals surface area contributed by atoms with Crippen molar-refractivity contribution in [1.82, 2.24) is 4.98 Å². The molecule has 0 radical (unpaired) electrons. The summed E-state index contributed by atoms with van der Waals surface area (Å²) in [6.45, 7) is 1.92. The fourth-order valence-electron chi connectivity index (χ4n) is 2.91. The summed E-state index contributed by atoms with van der Waals surface area (Å²) in [5.41, 5.74) is 1.12. The number of rotatable bonds is 5. The fourth-order valence-corrected chi connectivity index (χ4v) is 3.80. The van der Waals surface area contributed by atoms with Crippen molar-refractivity contribution in [1.29, 1.82) is 0 Å². The minimum Gasteiger partial charge on any atom is -0.495 e. The summed E-state index contributed by atoms with van der Waals surface area (Å²) in [4.78, 5) is 42.7. The third-order valence-electron chi connectivity index (χ3n) is 4.27. The maximum atomic E-state index is 12.6. The molecule has 8 nitrogen and oxygen atoms in total. The SMILES string of the molecule is COC(=O)c1sc(NC(=O)[C@H]2CC(=O)N(c3ccccc3OC)C2)nc1C. The molecular formula is C18H19N3O5S. The first-order valence-corrected chi connectivity index (χ1v) is 9.06. The van der Waals surface area contributed by atoms with E-state index in [1.165, 1.54) is 14.2 Å². The topological polar surface area (TPSA) is 97.8 Å². The summed E-state index contributed by atoms with van der Waals surface area (Å²) in [7, 11) is 2.82. The van der Waals surface area contributed by atoms with Crippen molar-refractivity contribution in [3.8, 4) is 5.75 Å². The van der Waals surface area contributed by atoms with Crippen LogP contribution in [0.15, 0.2) is 24.3 Å². The van der Waals surface area contributed by atoms with Crippen molar-refractivity contribution in [2.24, 2.45) is 5.92 Å². The molecule has 1 aromatic heterocycles. The Morgan fingerprint density at radius 1 is 1.30 bits per heavy atom. The highest BCUT2D eigenvalue weighted by Gasteiger charge is 2.36. The number of aromatic nitrogens is 1. The van der Waals surface area contributed by atoms with Crippen molar-refractivity contribution in [3.05, 3.63) is 34.8 Å². The number of benzene rings is 1. The van der Waals surface area contributed by atoms with Crippen molar-refractivity contribution in [2.75, 3.05) is 31.0 Å². The highest BCUT2D eigenvalue weighted by atomic mass is 32.1. The standard InChI is InChI=1S/C18H19N3O5S/c1-10-15(17(24)26-3)27-18(19-10)20-16(23)11-8-14(22)21(9-11)12-6-4-5-7-13(12)25-2/h4-7,11H,8-9H2,1-3H3,(H,19,20,23)/t11-/m0/s1. The zero-order valence-electron chi connectivity index (χ0n) is 15.1. The van der Waals surface area contributed by atoms with Crippen molar-refractivity contribution in [3.63, 3.8) is 0 Å². The zero-order chi connectivity index (χ0) is 19.6. The van der Waals surface area contributed by atoms with Gasteiger partial charge in [-0.2, -0.15) is 0 Å². The largest absolute Gasteiger partial charge is 0.495 e. The molecule has 1 aromatic carbocycles. The monoisotopic (exact) mass is 389 g/mol. The molecule has 0 saturated carbocycles. The van der Waals surface area contributed by atoms with E-state index in [2.05, 4.69) is 15.0 Å². The van der Waals surface area contributed by atoms with Crippen LogP contribution in [0, 0.1) is 12.8 Å². The maximum Gasteiger partial charge on any atom is 0.350 e. The number of aryl methyl sites for hydroxylation is 1. The smallest absolute Gasteiger partial charge is 0.350 e. The molecule has 0 spiro atoms. The number of carbonyl (C=O) groups is 3. The number of thiazole rings is 1. The summed E-state index contributed by atoms with van der Waals surface area (Å²) in [5, 5.41) is 3.00. The number of ether oxygens (including phenoxy) is 2. The minimum atomic E-state index is -0.520. The number of esters is 1. The number of methoxy groups -OCH3 is 2. The number of anilines is 2. The van der Waals surface area contributed by atoms with Crippen LogP contribution in [0.2, 0.25) is 0 Å². The highest BCUT2D eigenvalue weighted by Crippen LogP contribution is 2.33. The Bertz CT molecular complexity index is 895. The average Bonchev–Trinajstić information content (AvgIpc) is 3.23. The normalized spacial score (nSPS) is 16.3. The Morgan fingerprint density at radius 3 is 2.74 bits per heavy atom. The van der Waals surface area contributed by atoms with Crippen molar-refractivity contribution < 1.29 is 23.9 Å². The van der Waals surface area contributed by atoms with Crippen LogP contribution in [0.4, 0.5) is 10.8 Å². The summed E-state index contributed by atoms with van der Waals surface area (Å²) >= 11 is 1.05. The molecule has 1 saturated heterocycles. The van der Waals surface area contributed by atoms with Crippen molar-refractivity contribution >= 4 is 39.9 Å². The van der Waals surface area contributed by atoms with Gasteiger partial charge in [-0.15, -0.1) is 0 Å². The molecule has 1 aliphatic rings. The Hall–Kier alpha value is -2.94. The van der Waals surface area contributed by atoms with Crippen LogP contribution >= 0.6 is 11.3 Å². The molecule has 2 heterocycles. The number of amides is 2. The molecule has 1 fully saturated rings. The number of carbonyl (C=O) groups excluding carboxylic acids is 3. The number of para-hydroxylation sites is 2. The van der Waals surface area contributed by atoms with Gasteiger partial charge >= 0.3 is 5.97 Å². The van der Waals surface area contributed by atoms with Gasteiger partial charge in [-0.1, -0.05) is 23.5 Å². The van der Waals surface area contributed by atoms with Gasteiger partial charge in [0.05, 0.1) is 31.5 Å². The number of hydrogen-bond donors (Lipinski definition) is 1. The molecule has 2 aromatic rings. The number of nitrogens with one attached hydrogen (secondary N) is 1. The Morgan fingerprint density at radius 2 is 2.04 bits per heavy atom. The summed E-state index contributed by atoms with van der Waals surface area (Å²) < 4.78 is 9.99. The molecule has 1 N–H and O–H groups in total. The molecule has 142 valence electrons. The van der Waals surface area contributed by atoms with Gasteiger partial charge in [-0.25, -0.2) is 9.78 Å². The highest BCUT2D eigenvalue weighted by molar-refractivity contribution is 7.17. The molecule has 1 atom stereocenters. The van der Waals surface area contributed by atoms with E-state index in [1.54, 1.807) is 24.0 Å². The first-order chi connectivity index (χ1) is 12.9. The summed E-state index contributed by atoms with van der Waals surface area (Å²) in [6, 6.07) is 7.18. The molecule has 0 bridgehead atoms. The third-order valence-corrected chi connectivity index (χ3v) is 5.32. The quantitative estimate of drug-likeness (QED) is 0.788. The van der Waals surface area contributed by atoms with E-state index in [-0.39, 0.29) is 24.8 Å². The first kappa shape index (κ1) is 18.8. The predicted octanol–water partition coefficient (Wildman–Crippen LogP) is 2.24. The van der Waals surface area contributed by atoms with Gasteiger partial charge in [-0.05, 0) is 19.1 Å². The first-order valence-electron chi connectivity index (χ1n) is 8.24. The average molecular weight is 389 g/mol. The molecule has 1 aliphatic heterocycles. The van der Waals surface area contributed by atoms with Crippen LogP contribution in [0.5, 0.6) is 5.75 Å².